The van der Waals surface area contributed by atoms with E-state index in [1.54, 1.807) is 6.92 Å². The zero-order chi connectivity index (χ0) is 18.8. The molecule has 1 aromatic heterocycles. The fraction of sp³-hybridized carbons (Fsp3) is 0.438. The number of likely N-dealkylation sites (N-methyl/N-ethyl adjacent to an activating group) is 1. The van der Waals surface area contributed by atoms with Gasteiger partial charge in [-0.2, -0.15) is 5.10 Å². The minimum absolute atomic E-state index is 0.0594. The van der Waals surface area contributed by atoms with E-state index in [-0.39, 0.29) is 23.8 Å². The zero-order valence-corrected chi connectivity index (χ0v) is 14.6. The maximum absolute atomic E-state index is 12.7. The first-order chi connectivity index (χ1) is 11.6. The fourth-order valence-corrected chi connectivity index (χ4v) is 2.39. The highest BCUT2D eigenvalue weighted by atomic mass is 16.6. The number of non-ortho nitro benzene ring substituents is 1. The Kier molecular flexibility index (Phi) is 5.05. The summed E-state index contributed by atoms with van der Waals surface area (Å²) < 4.78 is 0. The van der Waals surface area contributed by atoms with Gasteiger partial charge in [-0.15, -0.1) is 0 Å². The normalized spacial score (nSPS) is 11.4. The second kappa shape index (κ2) is 6.88. The molecule has 9 nitrogen and oxygen atoms in total. The highest BCUT2D eigenvalue weighted by Gasteiger charge is 2.24. The Bertz CT molecular complexity index is 822. The Morgan fingerprint density at radius 1 is 1.36 bits per heavy atom. The minimum Gasteiger partial charge on any atom is -0.350 e. The minimum atomic E-state index is -0.533. The van der Waals surface area contributed by atoms with E-state index in [4.69, 9.17) is 0 Å². The zero-order valence-electron chi connectivity index (χ0n) is 14.6. The second-order valence-corrected chi connectivity index (χ2v) is 6.68. The first-order valence-corrected chi connectivity index (χ1v) is 7.85. The molecule has 2 aromatic rings. The standard InChI is InChI=1S/C16H21N5O4/c1-5-20(9-13(22)17-16(2,3)4)15(23)14-11-8-10(21(24)25)6-7-12(11)18-19-14/h6-8H,5,9H2,1-4H3,(H,17,22)(H,18,19). The van der Waals surface area contributed by atoms with Crippen molar-refractivity contribution in [2.75, 3.05) is 13.1 Å². The molecule has 0 atom stereocenters. The number of benzene rings is 1. The number of carbonyl (C=O) groups is 2. The van der Waals surface area contributed by atoms with Crippen LogP contribution in [0, 0.1) is 10.1 Å². The van der Waals surface area contributed by atoms with Crippen LogP contribution in [0.2, 0.25) is 0 Å². The highest BCUT2D eigenvalue weighted by molar-refractivity contribution is 6.06. The average Bonchev–Trinajstić information content (AvgIpc) is 2.93. The molecule has 2 N–H and O–H groups in total. The van der Waals surface area contributed by atoms with Crippen molar-refractivity contribution in [3.63, 3.8) is 0 Å². The monoisotopic (exact) mass is 347 g/mol. The van der Waals surface area contributed by atoms with E-state index >= 15 is 0 Å². The van der Waals surface area contributed by atoms with Gasteiger partial charge in [0.25, 0.3) is 11.6 Å². The van der Waals surface area contributed by atoms with Gasteiger partial charge >= 0.3 is 0 Å². The van der Waals surface area contributed by atoms with E-state index in [9.17, 15) is 19.7 Å². The molecule has 1 aromatic carbocycles. The van der Waals surface area contributed by atoms with E-state index in [1.165, 1.54) is 23.1 Å². The van der Waals surface area contributed by atoms with E-state index in [0.29, 0.717) is 17.4 Å². The Labute approximate surface area is 144 Å². The fourth-order valence-electron chi connectivity index (χ4n) is 2.39. The van der Waals surface area contributed by atoms with Crippen LogP contribution >= 0.6 is 0 Å². The van der Waals surface area contributed by atoms with E-state index in [0.717, 1.165) is 0 Å². The third-order valence-electron chi connectivity index (χ3n) is 3.48. The molecule has 2 rings (SSSR count). The lowest BCUT2D eigenvalue weighted by Crippen LogP contribution is -2.47. The van der Waals surface area contributed by atoms with Crippen LogP contribution in [0.5, 0.6) is 0 Å². The summed E-state index contributed by atoms with van der Waals surface area (Å²) in [5.74, 6) is -0.744. The summed E-state index contributed by atoms with van der Waals surface area (Å²) in [6.45, 7) is 7.49. The molecule has 2 amide bonds. The van der Waals surface area contributed by atoms with Crippen LogP contribution in [-0.2, 0) is 4.79 Å². The predicted molar refractivity (Wildman–Crippen MR) is 92.2 cm³/mol. The molecular weight excluding hydrogens is 326 g/mol. The van der Waals surface area contributed by atoms with E-state index in [1.807, 2.05) is 20.8 Å². The number of H-pyrrole nitrogens is 1. The number of amides is 2. The van der Waals surface area contributed by atoms with Crippen molar-refractivity contribution in [3.8, 4) is 0 Å². The molecule has 0 saturated heterocycles. The van der Waals surface area contributed by atoms with Gasteiger partial charge < -0.3 is 10.2 Å². The number of aromatic amines is 1. The van der Waals surface area contributed by atoms with Gasteiger partial charge in [0.1, 0.15) is 0 Å². The molecular formula is C16H21N5O4. The molecule has 0 radical (unpaired) electrons. The average molecular weight is 347 g/mol. The summed E-state index contributed by atoms with van der Waals surface area (Å²) >= 11 is 0. The van der Waals surface area contributed by atoms with Gasteiger partial charge in [-0.1, -0.05) is 0 Å². The van der Waals surface area contributed by atoms with Crippen molar-refractivity contribution in [2.45, 2.75) is 33.2 Å². The molecule has 1 heterocycles. The number of rotatable bonds is 5. The Hall–Kier alpha value is -2.97. The van der Waals surface area contributed by atoms with Crippen molar-refractivity contribution in [3.05, 3.63) is 34.0 Å². The van der Waals surface area contributed by atoms with Crippen LogP contribution in [0.25, 0.3) is 10.9 Å². The molecule has 0 aliphatic carbocycles. The van der Waals surface area contributed by atoms with Crippen molar-refractivity contribution < 1.29 is 14.5 Å². The number of nitro benzene ring substituents is 1. The maximum atomic E-state index is 12.7. The summed E-state index contributed by atoms with van der Waals surface area (Å²) in [5, 5.41) is 20.8. The molecule has 0 fully saturated rings. The number of fused-ring (bicyclic) bond motifs is 1. The van der Waals surface area contributed by atoms with Crippen LogP contribution in [0.3, 0.4) is 0 Å². The number of hydrogen-bond acceptors (Lipinski definition) is 5. The summed E-state index contributed by atoms with van der Waals surface area (Å²) in [4.78, 5) is 36.6. The van der Waals surface area contributed by atoms with Gasteiger partial charge in [0, 0.05) is 29.6 Å². The first-order valence-electron chi connectivity index (χ1n) is 7.85. The molecule has 134 valence electrons. The van der Waals surface area contributed by atoms with Gasteiger partial charge in [0.2, 0.25) is 5.91 Å². The second-order valence-electron chi connectivity index (χ2n) is 6.68. The van der Waals surface area contributed by atoms with E-state index in [2.05, 4.69) is 15.5 Å². The van der Waals surface area contributed by atoms with Crippen LogP contribution in [0.4, 0.5) is 5.69 Å². The van der Waals surface area contributed by atoms with Crippen LogP contribution in [-0.4, -0.2) is 50.5 Å². The summed E-state index contributed by atoms with van der Waals surface area (Å²) in [5.41, 5.74) is 0.0452. The van der Waals surface area contributed by atoms with Crippen molar-refractivity contribution in [1.82, 2.24) is 20.4 Å². The van der Waals surface area contributed by atoms with Crippen molar-refractivity contribution >= 4 is 28.4 Å². The largest absolute Gasteiger partial charge is 0.350 e. The van der Waals surface area contributed by atoms with Gasteiger partial charge in [0.15, 0.2) is 5.69 Å². The van der Waals surface area contributed by atoms with Crippen molar-refractivity contribution in [2.24, 2.45) is 0 Å². The molecule has 0 aliphatic rings. The Morgan fingerprint density at radius 3 is 2.60 bits per heavy atom. The molecule has 25 heavy (non-hydrogen) atoms. The maximum Gasteiger partial charge on any atom is 0.275 e. The topological polar surface area (TPSA) is 121 Å². The lowest BCUT2D eigenvalue weighted by Gasteiger charge is -2.24. The Morgan fingerprint density at radius 2 is 2.04 bits per heavy atom. The third-order valence-corrected chi connectivity index (χ3v) is 3.48. The predicted octanol–water partition coefficient (Wildman–Crippen LogP) is 1.85. The summed E-state index contributed by atoms with van der Waals surface area (Å²) in [6.07, 6.45) is 0. The van der Waals surface area contributed by atoms with Crippen LogP contribution < -0.4 is 5.32 Å². The number of nitrogens with one attached hydrogen (secondary N) is 2. The molecule has 0 saturated carbocycles. The summed E-state index contributed by atoms with van der Waals surface area (Å²) in [7, 11) is 0. The number of nitro groups is 1. The molecule has 0 aliphatic heterocycles. The highest BCUT2D eigenvalue weighted by Crippen LogP contribution is 2.23. The summed E-state index contributed by atoms with van der Waals surface area (Å²) in [6, 6.07) is 4.14. The smallest absolute Gasteiger partial charge is 0.275 e. The number of aromatic nitrogens is 2. The number of hydrogen-bond donors (Lipinski definition) is 2. The molecule has 0 unspecified atom stereocenters. The number of nitrogens with zero attached hydrogens (tertiary/aromatic N) is 3. The SMILES string of the molecule is CCN(CC(=O)NC(C)(C)C)C(=O)c1n[nH]c2ccc([N+](=O)[O-])cc12. The third kappa shape index (κ3) is 4.31. The van der Waals surface area contributed by atoms with Gasteiger partial charge in [-0.05, 0) is 33.8 Å². The molecule has 0 bridgehead atoms. The van der Waals surface area contributed by atoms with Crippen LogP contribution in [0.1, 0.15) is 38.2 Å². The molecule has 0 spiro atoms. The van der Waals surface area contributed by atoms with Crippen LogP contribution in [0.15, 0.2) is 18.2 Å². The van der Waals surface area contributed by atoms with E-state index < -0.39 is 16.4 Å². The molecule has 9 heteroatoms. The quantitative estimate of drug-likeness (QED) is 0.631. The van der Waals surface area contributed by atoms with Gasteiger partial charge in [-0.3, -0.25) is 24.8 Å². The Balaban J connectivity index is 2.28. The van der Waals surface area contributed by atoms with Gasteiger partial charge in [0.05, 0.1) is 17.0 Å². The lowest BCUT2D eigenvalue weighted by molar-refractivity contribution is -0.384. The van der Waals surface area contributed by atoms with Crippen molar-refractivity contribution in [1.29, 1.82) is 0 Å². The number of carbonyl (C=O) groups excluding carboxylic acids is 2. The lowest BCUT2D eigenvalue weighted by atomic mass is 10.1. The van der Waals surface area contributed by atoms with Gasteiger partial charge in [-0.25, -0.2) is 0 Å². The first kappa shape index (κ1) is 18.4.